The van der Waals surface area contributed by atoms with E-state index >= 15 is 0 Å². The SMILES string of the molecule is Cc1nc2cc(O)c(-c3ncc(N4CC[C@H](NC(C)(C)C)C4)nn3)cc2o1. The van der Waals surface area contributed by atoms with Crippen molar-refractivity contribution in [3.8, 4) is 17.1 Å². The minimum absolute atomic E-state index is 0.0564. The van der Waals surface area contributed by atoms with Crippen molar-refractivity contribution in [2.75, 3.05) is 18.0 Å². The summed E-state index contributed by atoms with van der Waals surface area (Å²) in [5.74, 6) is 1.70. The lowest BCUT2D eigenvalue weighted by molar-refractivity contribution is 0.373. The summed E-state index contributed by atoms with van der Waals surface area (Å²) >= 11 is 0. The van der Waals surface area contributed by atoms with Crippen molar-refractivity contribution in [3.05, 3.63) is 24.2 Å². The Morgan fingerprint density at radius 3 is 2.78 bits per heavy atom. The molecule has 3 aromatic rings. The molecule has 2 N–H and O–H groups in total. The molecule has 1 atom stereocenters. The lowest BCUT2D eigenvalue weighted by atomic mass is 10.1. The van der Waals surface area contributed by atoms with E-state index in [-0.39, 0.29) is 11.3 Å². The maximum absolute atomic E-state index is 10.3. The zero-order valence-corrected chi connectivity index (χ0v) is 16.0. The number of aromatic nitrogens is 4. The number of fused-ring (bicyclic) bond motifs is 1. The highest BCUT2D eigenvalue weighted by atomic mass is 16.3. The van der Waals surface area contributed by atoms with Gasteiger partial charge in [0.2, 0.25) is 0 Å². The molecule has 0 aliphatic carbocycles. The first-order valence-electron chi connectivity index (χ1n) is 9.11. The van der Waals surface area contributed by atoms with Gasteiger partial charge in [0.1, 0.15) is 11.3 Å². The molecule has 1 aliphatic heterocycles. The van der Waals surface area contributed by atoms with Crippen LogP contribution in [0.4, 0.5) is 5.82 Å². The summed E-state index contributed by atoms with van der Waals surface area (Å²) in [5.41, 5.74) is 1.76. The van der Waals surface area contributed by atoms with Gasteiger partial charge in [-0.2, -0.15) is 0 Å². The molecule has 142 valence electrons. The fourth-order valence-electron chi connectivity index (χ4n) is 3.49. The number of hydrogen-bond acceptors (Lipinski definition) is 8. The van der Waals surface area contributed by atoms with Crippen molar-refractivity contribution in [1.82, 2.24) is 25.5 Å². The van der Waals surface area contributed by atoms with Crippen molar-refractivity contribution in [2.24, 2.45) is 0 Å². The maximum atomic E-state index is 10.3. The van der Waals surface area contributed by atoms with E-state index in [0.29, 0.717) is 34.4 Å². The van der Waals surface area contributed by atoms with Crippen molar-refractivity contribution in [3.63, 3.8) is 0 Å². The molecule has 0 amide bonds. The molecule has 4 rings (SSSR count). The molecular weight excluding hydrogens is 344 g/mol. The summed E-state index contributed by atoms with van der Waals surface area (Å²) in [5, 5.41) is 22.5. The predicted molar refractivity (Wildman–Crippen MR) is 103 cm³/mol. The molecule has 27 heavy (non-hydrogen) atoms. The Kier molecular flexibility index (Phi) is 4.22. The fraction of sp³-hybridized carbons (Fsp3) is 0.474. The van der Waals surface area contributed by atoms with Gasteiger partial charge in [-0.1, -0.05) is 0 Å². The molecule has 1 aromatic carbocycles. The summed E-state index contributed by atoms with van der Waals surface area (Å²) < 4.78 is 5.53. The smallest absolute Gasteiger partial charge is 0.192 e. The van der Waals surface area contributed by atoms with Gasteiger partial charge >= 0.3 is 0 Å². The van der Waals surface area contributed by atoms with Crippen molar-refractivity contribution in [2.45, 2.75) is 45.7 Å². The van der Waals surface area contributed by atoms with Gasteiger partial charge < -0.3 is 19.7 Å². The number of phenolic OH excluding ortho intramolecular Hbond substituents is 1. The second-order valence-electron chi connectivity index (χ2n) is 8.04. The van der Waals surface area contributed by atoms with Crippen LogP contribution >= 0.6 is 0 Å². The number of anilines is 1. The molecule has 8 heteroatoms. The Labute approximate surface area is 157 Å². The molecule has 8 nitrogen and oxygen atoms in total. The van der Waals surface area contributed by atoms with E-state index in [1.54, 1.807) is 25.3 Å². The Morgan fingerprint density at radius 2 is 2.07 bits per heavy atom. The van der Waals surface area contributed by atoms with Gasteiger partial charge in [0.05, 0.1) is 11.8 Å². The topological polar surface area (TPSA) is 100 Å². The average molecular weight is 368 g/mol. The molecule has 0 spiro atoms. The number of oxazole rings is 1. The van der Waals surface area contributed by atoms with Gasteiger partial charge in [-0.05, 0) is 33.3 Å². The van der Waals surface area contributed by atoms with Crippen molar-refractivity contribution >= 4 is 16.9 Å². The van der Waals surface area contributed by atoms with E-state index in [2.05, 4.69) is 51.2 Å². The number of nitrogens with one attached hydrogen (secondary N) is 1. The molecule has 1 saturated heterocycles. The summed E-state index contributed by atoms with van der Waals surface area (Å²) in [4.78, 5) is 10.8. The van der Waals surface area contributed by atoms with E-state index in [1.165, 1.54) is 0 Å². The molecule has 2 aromatic heterocycles. The van der Waals surface area contributed by atoms with E-state index in [1.807, 2.05) is 0 Å². The van der Waals surface area contributed by atoms with Crippen LogP contribution in [-0.2, 0) is 0 Å². The van der Waals surface area contributed by atoms with Gasteiger partial charge in [0.15, 0.2) is 23.1 Å². The first-order valence-corrected chi connectivity index (χ1v) is 9.11. The predicted octanol–water partition coefficient (Wildman–Crippen LogP) is 2.66. The van der Waals surface area contributed by atoms with Crippen LogP contribution in [0, 0.1) is 6.92 Å². The molecule has 0 saturated carbocycles. The lowest BCUT2D eigenvalue weighted by Gasteiger charge is -2.26. The van der Waals surface area contributed by atoms with Crippen molar-refractivity contribution in [1.29, 1.82) is 0 Å². The molecule has 0 bridgehead atoms. The third-order valence-corrected chi connectivity index (χ3v) is 4.55. The second-order valence-corrected chi connectivity index (χ2v) is 8.04. The van der Waals surface area contributed by atoms with Crippen LogP contribution in [-0.4, -0.2) is 49.9 Å². The standard InChI is InChI=1S/C19H24N6O2/c1-11-21-14-8-15(26)13(7-16(14)27-11)18-20-9-17(23-24-18)25-6-5-12(10-25)22-19(2,3)4/h7-9,12,22,26H,5-6,10H2,1-4H3/t12-/m0/s1. The minimum atomic E-state index is 0.0564. The van der Waals surface area contributed by atoms with Crippen LogP contribution in [0.2, 0.25) is 0 Å². The number of nitrogens with zero attached hydrogens (tertiary/aromatic N) is 5. The minimum Gasteiger partial charge on any atom is -0.507 e. The third kappa shape index (κ3) is 3.71. The quantitative estimate of drug-likeness (QED) is 0.728. The highest BCUT2D eigenvalue weighted by molar-refractivity contribution is 5.82. The first kappa shape index (κ1) is 17.7. The summed E-state index contributed by atoms with van der Waals surface area (Å²) in [6, 6.07) is 3.68. The van der Waals surface area contributed by atoms with E-state index < -0.39 is 0 Å². The number of rotatable bonds is 3. The zero-order valence-electron chi connectivity index (χ0n) is 16.0. The Morgan fingerprint density at radius 1 is 1.26 bits per heavy atom. The van der Waals surface area contributed by atoms with Crippen LogP contribution < -0.4 is 10.2 Å². The highest BCUT2D eigenvalue weighted by Gasteiger charge is 2.27. The second kappa shape index (κ2) is 6.45. The number of phenols is 1. The van der Waals surface area contributed by atoms with Gasteiger partial charge in [-0.25, -0.2) is 9.97 Å². The Balaban J connectivity index is 1.54. The zero-order chi connectivity index (χ0) is 19.2. The largest absolute Gasteiger partial charge is 0.507 e. The van der Waals surface area contributed by atoms with Gasteiger partial charge in [-0.3, -0.25) is 0 Å². The van der Waals surface area contributed by atoms with Gasteiger partial charge in [-0.15, -0.1) is 10.2 Å². The number of aryl methyl sites for hydroxylation is 1. The normalized spacial score (nSPS) is 17.8. The van der Waals surface area contributed by atoms with Crippen molar-refractivity contribution < 1.29 is 9.52 Å². The Bertz CT molecular complexity index is 961. The molecular formula is C19H24N6O2. The molecule has 1 aliphatic rings. The molecule has 0 radical (unpaired) electrons. The van der Waals surface area contributed by atoms with Crippen LogP contribution in [0.1, 0.15) is 33.1 Å². The summed E-state index contributed by atoms with van der Waals surface area (Å²) in [6.45, 7) is 10.1. The molecule has 0 unspecified atom stereocenters. The number of hydrogen-bond donors (Lipinski definition) is 2. The fourth-order valence-corrected chi connectivity index (χ4v) is 3.49. The average Bonchev–Trinajstić information content (AvgIpc) is 3.18. The van der Waals surface area contributed by atoms with E-state index in [0.717, 1.165) is 25.3 Å². The van der Waals surface area contributed by atoms with Crippen LogP contribution in [0.25, 0.3) is 22.5 Å². The van der Waals surface area contributed by atoms with Crippen LogP contribution in [0.5, 0.6) is 5.75 Å². The highest BCUT2D eigenvalue weighted by Crippen LogP contribution is 2.31. The van der Waals surface area contributed by atoms with E-state index in [9.17, 15) is 5.11 Å². The Hall–Kier alpha value is -2.74. The third-order valence-electron chi connectivity index (χ3n) is 4.55. The molecule has 3 heterocycles. The first-order chi connectivity index (χ1) is 12.8. The maximum Gasteiger partial charge on any atom is 0.192 e. The monoisotopic (exact) mass is 368 g/mol. The van der Waals surface area contributed by atoms with Gasteiger partial charge in [0.25, 0.3) is 0 Å². The molecule has 1 fully saturated rings. The van der Waals surface area contributed by atoms with Crippen LogP contribution in [0.15, 0.2) is 22.7 Å². The summed E-state index contributed by atoms with van der Waals surface area (Å²) in [7, 11) is 0. The van der Waals surface area contributed by atoms with Crippen LogP contribution in [0.3, 0.4) is 0 Å². The number of benzene rings is 1. The summed E-state index contributed by atoms with van der Waals surface area (Å²) in [6.07, 6.45) is 2.76. The lowest BCUT2D eigenvalue weighted by Crippen LogP contribution is -2.45. The number of aromatic hydroxyl groups is 1. The van der Waals surface area contributed by atoms with E-state index in [4.69, 9.17) is 4.42 Å². The van der Waals surface area contributed by atoms with Gasteiger partial charge in [0, 0.05) is 37.7 Å².